The molecule has 0 spiro atoms. The van der Waals surface area contributed by atoms with Crippen molar-refractivity contribution < 1.29 is 14.6 Å². The van der Waals surface area contributed by atoms with E-state index in [1.54, 1.807) is 4.90 Å². The summed E-state index contributed by atoms with van der Waals surface area (Å²) in [5.41, 5.74) is 7.26. The van der Waals surface area contributed by atoms with E-state index in [9.17, 15) is 9.90 Å². The predicted octanol–water partition coefficient (Wildman–Crippen LogP) is 1.67. The molecular weight excluding hydrogens is 268 g/mol. The first-order valence-electron chi connectivity index (χ1n) is 7.26. The minimum absolute atomic E-state index is 0.117. The molecule has 5 nitrogen and oxygen atoms in total. The summed E-state index contributed by atoms with van der Waals surface area (Å²) < 4.78 is 5.45. The van der Waals surface area contributed by atoms with E-state index in [1.807, 2.05) is 45.0 Å². The van der Waals surface area contributed by atoms with Gasteiger partial charge in [0.15, 0.2) is 0 Å². The van der Waals surface area contributed by atoms with Crippen LogP contribution in [-0.2, 0) is 17.7 Å². The van der Waals surface area contributed by atoms with Crippen molar-refractivity contribution >= 4 is 6.09 Å². The van der Waals surface area contributed by atoms with Gasteiger partial charge in [-0.15, -0.1) is 0 Å². The summed E-state index contributed by atoms with van der Waals surface area (Å²) in [5.74, 6) is 0. The fourth-order valence-corrected chi connectivity index (χ4v) is 2.57. The molecule has 21 heavy (non-hydrogen) atoms. The Morgan fingerprint density at radius 1 is 1.43 bits per heavy atom. The Morgan fingerprint density at radius 2 is 2.05 bits per heavy atom. The zero-order chi connectivity index (χ0) is 15.6. The van der Waals surface area contributed by atoms with Crippen LogP contribution in [0.25, 0.3) is 0 Å². The Hall–Kier alpha value is -1.59. The second-order valence-electron chi connectivity index (χ2n) is 6.45. The van der Waals surface area contributed by atoms with Crippen LogP contribution in [-0.4, -0.2) is 40.4 Å². The SMILES string of the molecule is CC(C)(C)OC(=O)N1Cc2ccccc2C[C@@H]1[C@H](O)CN. The van der Waals surface area contributed by atoms with Crippen molar-refractivity contribution in [2.24, 2.45) is 5.73 Å². The van der Waals surface area contributed by atoms with Crippen LogP contribution in [0.15, 0.2) is 24.3 Å². The Bertz CT molecular complexity index is 510. The fourth-order valence-electron chi connectivity index (χ4n) is 2.57. The first-order valence-corrected chi connectivity index (χ1v) is 7.26. The molecule has 1 aliphatic rings. The molecule has 1 aromatic rings. The highest BCUT2D eigenvalue weighted by atomic mass is 16.6. The molecule has 2 atom stereocenters. The highest BCUT2D eigenvalue weighted by Gasteiger charge is 2.36. The number of amides is 1. The van der Waals surface area contributed by atoms with Gasteiger partial charge in [0.05, 0.1) is 12.1 Å². The highest BCUT2D eigenvalue weighted by molar-refractivity contribution is 5.69. The van der Waals surface area contributed by atoms with Crippen molar-refractivity contribution in [3.63, 3.8) is 0 Å². The van der Waals surface area contributed by atoms with Crippen molar-refractivity contribution in [3.05, 3.63) is 35.4 Å². The molecule has 3 N–H and O–H groups in total. The molecule has 116 valence electrons. The third-order valence-corrected chi connectivity index (χ3v) is 3.60. The first-order chi connectivity index (χ1) is 9.81. The predicted molar refractivity (Wildman–Crippen MR) is 80.8 cm³/mol. The second-order valence-corrected chi connectivity index (χ2v) is 6.45. The maximum absolute atomic E-state index is 12.4. The quantitative estimate of drug-likeness (QED) is 0.869. The number of hydrogen-bond acceptors (Lipinski definition) is 4. The van der Waals surface area contributed by atoms with Crippen molar-refractivity contribution in [2.75, 3.05) is 6.54 Å². The molecule has 0 fully saturated rings. The molecule has 0 saturated heterocycles. The Morgan fingerprint density at radius 3 is 2.62 bits per heavy atom. The van der Waals surface area contributed by atoms with E-state index in [0.717, 1.165) is 11.1 Å². The molecule has 0 bridgehead atoms. The third kappa shape index (κ3) is 3.74. The van der Waals surface area contributed by atoms with E-state index in [2.05, 4.69) is 0 Å². The highest BCUT2D eigenvalue weighted by Crippen LogP contribution is 2.26. The lowest BCUT2D eigenvalue weighted by Crippen LogP contribution is -2.53. The van der Waals surface area contributed by atoms with Gasteiger partial charge in [-0.3, -0.25) is 4.90 Å². The number of ether oxygens (including phenoxy) is 1. The van der Waals surface area contributed by atoms with Crippen LogP contribution < -0.4 is 5.73 Å². The van der Waals surface area contributed by atoms with Crippen molar-refractivity contribution in [3.8, 4) is 0 Å². The minimum Gasteiger partial charge on any atom is -0.444 e. The van der Waals surface area contributed by atoms with Gasteiger partial charge in [0.1, 0.15) is 5.60 Å². The average molecular weight is 292 g/mol. The number of benzene rings is 1. The van der Waals surface area contributed by atoms with Crippen LogP contribution in [0.3, 0.4) is 0 Å². The van der Waals surface area contributed by atoms with Crippen molar-refractivity contribution in [1.82, 2.24) is 4.90 Å². The molecule has 1 amide bonds. The number of carbonyl (C=O) groups is 1. The van der Waals surface area contributed by atoms with Gasteiger partial charge < -0.3 is 15.6 Å². The normalized spacial score (nSPS) is 19.9. The number of aliphatic hydroxyl groups excluding tert-OH is 1. The van der Waals surface area contributed by atoms with Gasteiger partial charge in [-0.2, -0.15) is 0 Å². The number of nitrogens with zero attached hydrogens (tertiary/aromatic N) is 1. The van der Waals surface area contributed by atoms with Crippen molar-refractivity contribution in [1.29, 1.82) is 0 Å². The number of aliphatic hydroxyl groups is 1. The van der Waals surface area contributed by atoms with Gasteiger partial charge in [-0.1, -0.05) is 24.3 Å². The lowest BCUT2D eigenvalue weighted by atomic mass is 9.91. The molecular formula is C16H24N2O3. The number of nitrogens with two attached hydrogens (primary N) is 1. The van der Waals surface area contributed by atoms with Gasteiger partial charge in [0, 0.05) is 13.1 Å². The van der Waals surface area contributed by atoms with Crippen LogP contribution >= 0.6 is 0 Å². The number of carbonyl (C=O) groups excluding carboxylic acids is 1. The van der Waals surface area contributed by atoms with Crippen molar-refractivity contribution in [2.45, 2.75) is 51.5 Å². The smallest absolute Gasteiger partial charge is 0.410 e. The van der Waals surface area contributed by atoms with Gasteiger partial charge in [-0.05, 0) is 38.3 Å². The average Bonchev–Trinajstić information content (AvgIpc) is 2.43. The van der Waals surface area contributed by atoms with E-state index < -0.39 is 17.8 Å². The molecule has 0 saturated carbocycles. The summed E-state index contributed by atoms with van der Waals surface area (Å²) in [7, 11) is 0. The minimum atomic E-state index is -0.758. The van der Waals surface area contributed by atoms with Gasteiger partial charge in [0.2, 0.25) is 0 Å². The summed E-state index contributed by atoms with van der Waals surface area (Å²) in [6.07, 6.45) is -0.575. The number of hydrogen-bond donors (Lipinski definition) is 2. The zero-order valence-corrected chi connectivity index (χ0v) is 12.9. The summed E-state index contributed by atoms with van der Waals surface area (Å²) >= 11 is 0. The second kappa shape index (κ2) is 6.03. The largest absolute Gasteiger partial charge is 0.444 e. The van der Waals surface area contributed by atoms with Gasteiger partial charge >= 0.3 is 6.09 Å². The number of fused-ring (bicyclic) bond motifs is 1. The van der Waals surface area contributed by atoms with E-state index in [0.29, 0.717) is 13.0 Å². The van der Waals surface area contributed by atoms with Gasteiger partial charge in [-0.25, -0.2) is 4.79 Å². The first kappa shape index (κ1) is 15.8. The lowest BCUT2D eigenvalue weighted by Gasteiger charge is -2.39. The molecule has 0 aliphatic carbocycles. The zero-order valence-electron chi connectivity index (χ0n) is 12.9. The molecule has 1 aliphatic heterocycles. The fraction of sp³-hybridized carbons (Fsp3) is 0.562. The topological polar surface area (TPSA) is 75.8 Å². The Labute approximate surface area is 125 Å². The van der Waals surface area contributed by atoms with Crippen LogP contribution in [0.4, 0.5) is 4.79 Å². The van der Waals surface area contributed by atoms with Crippen LogP contribution in [0.5, 0.6) is 0 Å². The lowest BCUT2D eigenvalue weighted by molar-refractivity contribution is -0.0101. The summed E-state index contributed by atoms with van der Waals surface area (Å²) in [6, 6.07) is 7.59. The van der Waals surface area contributed by atoms with Crippen LogP contribution in [0.1, 0.15) is 31.9 Å². The molecule has 0 radical (unpaired) electrons. The standard InChI is InChI=1S/C16H24N2O3/c1-16(2,3)21-15(20)18-10-12-7-5-4-6-11(12)8-13(18)14(19)9-17/h4-7,13-14,19H,8-10,17H2,1-3H3/t13-,14-/m1/s1. The Kier molecular flexibility index (Phi) is 4.54. The Balaban J connectivity index is 2.26. The summed E-state index contributed by atoms with van der Waals surface area (Å²) in [4.78, 5) is 14.0. The van der Waals surface area contributed by atoms with Crippen LogP contribution in [0, 0.1) is 0 Å². The number of rotatable bonds is 2. The van der Waals surface area contributed by atoms with Gasteiger partial charge in [0.25, 0.3) is 0 Å². The maximum Gasteiger partial charge on any atom is 0.410 e. The van der Waals surface area contributed by atoms with E-state index in [4.69, 9.17) is 10.5 Å². The van der Waals surface area contributed by atoms with E-state index in [1.165, 1.54) is 0 Å². The molecule has 2 rings (SSSR count). The van der Waals surface area contributed by atoms with E-state index in [-0.39, 0.29) is 12.6 Å². The monoisotopic (exact) mass is 292 g/mol. The maximum atomic E-state index is 12.4. The molecule has 1 heterocycles. The molecule has 5 heteroatoms. The molecule has 1 aromatic carbocycles. The third-order valence-electron chi connectivity index (χ3n) is 3.60. The summed E-state index contributed by atoms with van der Waals surface area (Å²) in [6.45, 7) is 6.05. The van der Waals surface area contributed by atoms with E-state index >= 15 is 0 Å². The summed E-state index contributed by atoms with van der Waals surface area (Å²) in [5, 5.41) is 10.2. The molecule has 0 aromatic heterocycles. The molecule has 0 unspecified atom stereocenters. The van der Waals surface area contributed by atoms with Crippen LogP contribution in [0.2, 0.25) is 0 Å².